The van der Waals surface area contributed by atoms with Gasteiger partial charge in [-0.3, -0.25) is 4.79 Å². The zero-order valence-electron chi connectivity index (χ0n) is 4.48. The molecule has 0 aliphatic rings. The second-order valence-electron chi connectivity index (χ2n) is 0.919. The van der Waals surface area contributed by atoms with E-state index in [1.807, 2.05) is 0 Å². The van der Waals surface area contributed by atoms with Crippen LogP contribution in [0.2, 0.25) is 0 Å². The Morgan fingerprint density at radius 3 is 1.22 bits per heavy atom. The van der Waals surface area contributed by atoms with E-state index in [2.05, 4.69) is 0 Å². The molecule has 0 saturated heterocycles. The number of carboxylic acid groups (broad SMARTS) is 1. The van der Waals surface area contributed by atoms with Gasteiger partial charge in [-0.05, 0) is 0 Å². The fourth-order valence-electron chi connectivity index (χ4n) is 0. The minimum atomic E-state index is -4.38. The molecule has 0 aliphatic heterocycles. The summed E-state index contributed by atoms with van der Waals surface area (Å²) in [5.74, 6) is -0.833. The van der Waals surface area contributed by atoms with Crippen molar-refractivity contribution in [1.82, 2.24) is 0 Å². The summed E-state index contributed by atoms with van der Waals surface area (Å²) in [6, 6.07) is 0. The van der Waals surface area contributed by atoms with E-state index in [0.29, 0.717) is 0 Å². The van der Waals surface area contributed by atoms with Gasteiger partial charge in [0, 0.05) is 6.92 Å². The molecule has 0 atom stereocenters. The molecule has 5 N–H and O–H groups in total. The van der Waals surface area contributed by atoms with E-state index in [-0.39, 0.29) is 0 Å². The average Bonchev–Trinajstić information content (AvgIpc) is 1.19. The average molecular weight is 187 g/mol. The first kappa shape index (κ1) is 11.6. The van der Waals surface area contributed by atoms with Crippen LogP contribution >= 0.6 is 0 Å². The van der Waals surface area contributed by atoms with E-state index in [9.17, 15) is 0 Å². The number of carbonyl (C=O) groups is 1. The Kier molecular flexibility index (Phi) is 6.02. The van der Waals surface area contributed by atoms with Gasteiger partial charge in [-0.2, -0.15) is 0 Å². The molecule has 0 aromatic rings. The van der Waals surface area contributed by atoms with Gasteiger partial charge in [-0.15, -0.1) is 0 Å². The Bertz CT molecular complexity index is 73.5. The second-order valence-corrected chi connectivity index (χ2v) is 2.17. The van der Waals surface area contributed by atoms with Crippen LogP contribution in [0.5, 0.6) is 0 Å². The van der Waals surface area contributed by atoms with Gasteiger partial charge >= 0.3 is 30.8 Å². The Morgan fingerprint density at radius 1 is 1.22 bits per heavy atom. The van der Waals surface area contributed by atoms with Gasteiger partial charge in [-0.25, -0.2) is 0 Å². The van der Waals surface area contributed by atoms with Crippen LogP contribution < -0.4 is 0 Å². The topological polar surface area (TPSA) is 118 Å². The minimum absolute atomic E-state index is 0.833. The molecule has 0 amide bonds. The zero-order chi connectivity index (χ0) is 8.08. The number of rotatable bonds is 0. The summed E-state index contributed by atoms with van der Waals surface area (Å²) in [5, 5.41) is 7.42. The summed E-state index contributed by atoms with van der Waals surface area (Å²) in [6.07, 6.45) is 0. The third-order valence-corrected chi connectivity index (χ3v) is 0. The van der Waals surface area contributed by atoms with Gasteiger partial charge in [0.05, 0.1) is 0 Å². The molecule has 0 rings (SSSR count). The Hall–Kier alpha value is -0.184. The third-order valence-electron chi connectivity index (χ3n) is 0. The Labute approximate surface area is 54.4 Å². The summed E-state index contributed by atoms with van der Waals surface area (Å²) in [6.45, 7) is 1.08. The Morgan fingerprint density at radius 2 is 1.22 bits per heavy atom. The van der Waals surface area contributed by atoms with Crippen LogP contribution in [0.15, 0.2) is 0 Å². The summed E-state index contributed by atoms with van der Waals surface area (Å²) in [4.78, 5) is 9.00. The first-order chi connectivity index (χ1) is 3.73. The monoisotopic (exact) mass is 187 g/mol. The summed E-state index contributed by atoms with van der Waals surface area (Å²) >= 11 is -4.38. The van der Waals surface area contributed by atoms with Crippen molar-refractivity contribution < 1.29 is 40.7 Å². The molecule has 61 valence electrons. The van der Waals surface area contributed by atoms with E-state index < -0.39 is 19.9 Å². The van der Waals surface area contributed by atoms with Crippen LogP contribution in [0.25, 0.3) is 0 Å². The molecule has 7 heteroatoms. The van der Waals surface area contributed by atoms with Crippen molar-refractivity contribution in [3.63, 3.8) is 0 Å². The van der Waals surface area contributed by atoms with Crippen LogP contribution in [0.3, 0.4) is 0 Å². The molecule has 9 heavy (non-hydrogen) atoms. The fraction of sp³-hybridized carbons (Fsp3) is 0.500. The molecular formula is C2H8CoO6. The van der Waals surface area contributed by atoms with Gasteiger partial charge < -0.3 is 5.11 Å². The van der Waals surface area contributed by atoms with Crippen LogP contribution in [0.1, 0.15) is 6.92 Å². The van der Waals surface area contributed by atoms with E-state index >= 15 is 0 Å². The molecule has 0 spiro atoms. The predicted octanol–water partition coefficient (Wildman–Crippen LogP) is -2.14. The molecule has 0 saturated carbocycles. The van der Waals surface area contributed by atoms with Crippen molar-refractivity contribution in [2.75, 3.05) is 0 Å². The fourth-order valence-corrected chi connectivity index (χ4v) is 0. The SMILES string of the molecule is CC(=O)O.[OH][Co]([OH])([OH])[OH]. The molecule has 0 radical (unpaired) electrons. The third kappa shape index (κ3) is 7850. The van der Waals surface area contributed by atoms with Crippen molar-refractivity contribution in [1.29, 1.82) is 0 Å². The van der Waals surface area contributed by atoms with Crippen molar-refractivity contribution in [3.05, 3.63) is 0 Å². The second kappa shape index (κ2) is 4.67. The quantitative estimate of drug-likeness (QED) is 0.295. The van der Waals surface area contributed by atoms with E-state index in [4.69, 9.17) is 26.8 Å². The van der Waals surface area contributed by atoms with Crippen LogP contribution in [0, 0.1) is 0 Å². The van der Waals surface area contributed by atoms with E-state index in [1.54, 1.807) is 0 Å². The molecule has 0 aromatic carbocycles. The molecule has 6 nitrogen and oxygen atoms in total. The van der Waals surface area contributed by atoms with Crippen molar-refractivity contribution >= 4 is 5.97 Å². The molecule has 0 bridgehead atoms. The summed E-state index contributed by atoms with van der Waals surface area (Å²) in [7, 11) is 0. The number of carboxylic acids is 1. The van der Waals surface area contributed by atoms with Gasteiger partial charge in [0.15, 0.2) is 0 Å². The van der Waals surface area contributed by atoms with Gasteiger partial charge in [0.25, 0.3) is 5.97 Å². The first-order valence-electron chi connectivity index (χ1n) is 1.52. The molecular weight excluding hydrogens is 179 g/mol. The van der Waals surface area contributed by atoms with E-state index in [1.165, 1.54) is 0 Å². The molecule has 0 unspecified atom stereocenters. The van der Waals surface area contributed by atoms with Crippen LogP contribution in [0.4, 0.5) is 0 Å². The molecule has 0 fully saturated rings. The van der Waals surface area contributed by atoms with Gasteiger partial charge in [0.1, 0.15) is 0 Å². The van der Waals surface area contributed by atoms with Gasteiger partial charge in [0.2, 0.25) is 0 Å². The number of aliphatic carboxylic acids is 1. The number of hydrogen-bond donors (Lipinski definition) is 5. The summed E-state index contributed by atoms with van der Waals surface area (Å²) in [5.41, 5.74) is 0. The van der Waals surface area contributed by atoms with E-state index in [0.717, 1.165) is 6.92 Å². The predicted molar refractivity (Wildman–Crippen MR) is 22.2 cm³/mol. The maximum atomic E-state index is 9.00. The molecule has 0 heterocycles. The standard InChI is InChI=1S/C2H4O2.Co.4H2O/c1-2(3)4;;;;;/h1H3,(H,3,4);;4*1H2/q;+4;;;;/p-4. The van der Waals surface area contributed by atoms with Crippen molar-refractivity contribution in [2.45, 2.75) is 6.92 Å². The Balaban J connectivity index is 0. The number of hydrogen-bond acceptors (Lipinski definition) is 5. The maximum absolute atomic E-state index is 9.00. The first-order valence-corrected chi connectivity index (χ1v) is 3.39. The molecule has 0 aliphatic carbocycles. The normalized spacial score (nSPS) is 11.2. The van der Waals surface area contributed by atoms with Crippen molar-refractivity contribution in [3.8, 4) is 0 Å². The zero-order valence-corrected chi connectivity index (χ0v) is 5.52. The van der Waals surface area contributed by atoms with Gasteiger partial charge in [-0.1, -0.05) is 0 Å². The molecule has 0 aromatic heterocycles. The van der Waals surface area contributed by atoms with Crippen molar-refractivity contribution in [2.24, 2.45) is 0 Å². The van der Waals surface area contributed by atoms with Crippen LogP contribution in [-0.2, 0) is 18.7 Å². The summed E-state index contributed by atoms with van der Waals surface area (Å²) < 4.78 is 29.2. The van der Waals surface area contributed by atoms with Crippen LogP contribution in [-0.4, -0.2) is 28.0 Å².